The SMILES string of the molecule is CCN(CC)Cc1cccc(NC2COC(C)(C)OC2)c1. The summed E-state index contributed by atoms with van der Waals surface area (Å²) >= 11 is 0. The lowest BCUT2D eigenvalue weighted by molar-refractivity contribution is -0.247. The highest BCUT2D eigenvalue weighted by atomic mass is 16.7. The molecule has 1 fully saturated rings. The second kappa shape index (κ2) is 7.25. The fourth-order valence-corrected chi connectivity index (χ4v) is 2.48. The summed E-state index contributed by atoms with van der Waals surface area (Å²) in [6, 6.07) is 8.82. The summed E-state index contributed by atoms with van der Waals surface area (Å²) in [5.74, 6) is -0.456. The maximum atomic E-state index is 5.69. The molecule has 0 spiro atoms. The van der Waals surface area contributed by atoms with Crippen molar-refractivity contribution in [2.24, 2.45) is 0 Å². The van der Waals surface area contributed by atoms with Crippen LogP contribution in [0.25, 0.3) is 0 Å². The molecule has 0 aromatic heterocycles. The molecule has 118 valence electrons. The second-order valence-electron chi connectivity index (χ2n) is 6.02. The van der Waals surface area contributed by atoms with Gasteiger partial charge in [0.2, 0.25) is 0 Å². The van der Waals surface area contributed by atoms with E-state index in [4.69, 9.17) is 9.47 Å². The van der Waals surface area contributed by atoms with E-state index in [2.05, 4.69) is 48.3 Å². The van der Waals surface area contributed by atoms with Gasteiger partial charge in [0.05, 0.1) is 19.3 Å². The van der Waals surface area contributed by atoms with Gasteiger partial charge >= 0.3 is 0 Å². The number of benzene rings is 1. The molecule has 0 radical (unpaired) electrons. The third kappa shape index (κ3) is 4.99. The first-order valence-corrected chi connectivity index (χ1v) is 7.88. The minimum atomic E-state index is -0.456. The van der Waals surface area contributed by atoms with Crippen LogP contribution in [0.2, 0.25) is 0 Å². The van der Waals surface area contributed by atoms with Crippen LogP contribution >= 0.6 is 0 Å². The number of ether oxygens (including phenoxy) is 2. The molecule has 4 nitrogen and oxygen atoms in total. The van der Waals surface area contributed by atoms with E-state index in [9.17, 15) is 0 Å². The molecule has 1 N–H and O–H groups in total. The Balaban J connectivity index is 1.92. The zero-order valence-electron chi connectivity index (χ0n) is 13.7. The minimum absolute atomic E-state index is 0.210. The summed E-state index contributed by atoms with van der Waals surface area (Å²) in [7, 11) is 0. The molecular formula is C17H28N2O2. The van der Waals surface area contributed by atoms with Crippen LogP contribution in [0.15, 0.2) is 24.3 Å². The Morgan fingerprint density at radius 3 is 2.48 bits per heavy atom. The van der Waals surface area contributed by atoms with Crippen LogP contribution in [0.5, 0.6) is 0 Å². The van der Waals surface area contributed by atoms with Crippen LogP contribution in [0.3, 0.4) is 0 Å². The van der Waals surface area contributed by atoms with Gasteiger partial charge in [-0.25, -0.2) is 0 Å². The number of nitrogens with zero attached hydrogens (tertiary/aromatic N) is 1. The molecule has 2 rings (SSSR count). The van der Waals surface area contributed by atoms with Gasteiger partial charge in [0.25, 0.3) is 0 Å². The Bertz CT molecular complexity index is 434. The van der Waals surface area contributed by atoms with Crippen molar-refractivity contribution in [3.63, 3.8) is 0 Å². The van der Waals surface area contributed by atoms with Crippen LogP contribution < -0.4 is 5.32 Å². The highest BCUT2D eigenvalue weighted by molar-refractivity contribution is 5.46. The molecule has 0 unspecified atom stereocenters. The zero-order chi connectivity index (χ0) is 15.3. The van der Waals surface area contributed by atoms with Gasteiger partial charge < -0.3 is 14.8 Å². The van der Waals surface area contributed by atoms with E-state index >= 15 is 0 Å². The summed E-state index contributed by atoms with van der Waals surface area (Å²) < 4.78 is 11.4. The smallest absolute Gasteiger partial charge is 0.162 e. The molecule has 1 aromatic carbocycles. The van der Waals surface area contributed by atoms with Gasteiger partial charge in [-0.05, 0) is 44.6 Å². The molecule has 0 aliphatic carbocycles. The average molecular weight is 292 g/mol. The number of rotatable bonds is 6. The predicted octanol–water partition coefficient (Wildman–Crippen LogP) is 3.09. The van der Waals surface area contributed by atoms with E-state index < -0.39 is 5.79 Å². The zero-order valence-corrected chi connectivity index (χ0v) is 13.7. The predicted molar refractivity (Wildman–Crippen MR) is 86.5 cm³/mol. The van der Waals surface area contributed by atoms with Crippen molar-refractivity contribution in [1.29, 1.82) is 0 Å². The fraction of sp³-hybridized carbons (Fsp3) is 0.647. The molecule has 0 saturated carbocycles. The molecule has 1 aliphatic heterocycles. The monoisotopic (exact) mass is 292 g/mol. The second-order valence-corrected chi connectivity index (χ2v) is 6.02. The quantitative estimate of drug-likeness (QED) is 0.873. The standard InChI is InChI=1S/C17H28N2O2/c1-5-19(6-2)11-14-8-7-9-15(10-14)18-16-12-20-17(3,4)21-13-16/h7-10,16,18H,5-6,11-13H2,1-4H3. The highest BCUT2D eigenvalue weighted by Crippen LogP contribution is 2.20. The van der Waals surface area contributed by atoms with Crippen molar-refractivity contribution in [1.82, 2.24) is 4.90 Å². The first-order valence-electron chi connectivity index (χ1n) is 7.88. The van der Waals surface area contributed by atoms with Gasteiger partial charge in [0.1, 0.15) is 0 Å². The largest absolute Gasteiger partial charge is 0.378 e. The van der Waals surface area contributed by atoms with Crippen molar-refractivity contribution >= 4 is 5.69 Å². The van der Waals surface area contributed by atoms with E-state index in [1.54, 1.807) is 0 Å². The third-order valence-electron chi connectivity index (χ3n) is 3.86. The lowest BCUT2D eigenvalue weighted by atomic mass is 10.1. The van der Waals surface area contributed by atoms with Gasteiger partial charge in [-0.15, -0.1) is 0 Å². The topological polar surface area (TPSA) is 33.7 Å². The Kier molecular flexibility index (Phi) is 5.62. The fourth-order valence-electron chi connectivity index (χ4n) is 2.48. The summed E-state index contributed by atoms with van der Waals surface area (Å²) in [4.78, 5) is 2.41. The number of anilines is 1. The van der Waals surface area contributed by atoms with Crippen LogP contribution in [0.1, 0.15) is 33.3 Å². The van der Waals surface area contributed by atoms with Crippen molar-refractivity contribution in [3.05, 3.63) is 29.8 Å². The molecule has 0 bridgehead atoms. The van der Waals surface area contributed by atoms with E-state index in [0.717, 1.165) is 25.3 Å². The van der Waals surface area contributed by atoms with Crippen LogP contribution in [0, 0.1) is 0 Å². The molecule has 21 heavy (non-hydrogen) atoms. The maximum Gasteiger partial charge on any atom is 0.162 e. The molecule has 4 heteroatoms. The first kappa shape index (κ1) is 16.3. The molecule has 1 heterocycles. The van der Waals surface area contributed by atoms with Gasteiger partial charge in [0, 0.05) is 12.2 Å². The van der Waals surface area contributed by atoms with Gasteiger partial charge in [-0.1, -0.05) is 26.0 Å². The van der Waals surface area contributed by atoms with E-state index in [0.29, 0.717) is 13.2 Å². The highest BCUT2D eigenvalue weighted by Gasteiger charge is 2.28. The van der Waals surface area contributed by atoms with E-state index in [1.165, 1.54) is 5.56 Å². The maximum absolute atomic E-state index is 5.69. The lowest BCUT2D eigenvalue weighted by Gasteiger charge is -2.35. The van der Waals surface area contributed by atoms with E-state index in [-0.39, 0.29) is 6.04 Å². The first-order chi connectivity index (χ1) is 10.0. The van der Waals surface area contributed by atoms with Crippen LogP contribution in [0.4, 0.5) is 5.69 Å². The normalized spacial score (nSPS) is 18.9. The number of hydrogen-bond donors (Lipinski definition) is 1. The average Bonchev–Trinajstić information content (AvgIpc) is 2.47. The van der Waals surface area contributed by atoms with Crippen LogP contribution in [-0.4, -0.2) is 43.0 Å². The number of hydrogen-bond acceptors (Lipinski definition) is 4. The number of nitrogens with one attached hydrogen (secondary N) is 1. The summed E-state index contributed by atoms with van der Waals surface area (Å²) in [5, 5.41) is 3.50. The summed E-state index contributed by atoms with van der Waals surface area (Å²) in [5.41, 5.74) is 2.47. The molecule has 0 atom stereocenters. The Labute approximate surface area is 128 Å². The molecule has 1 aromatic rings. The third-order valence-corrected chi connectivity index (χ3v) is 3.86. The lowest BCUT2D eigenvalue weighted by Crippen LogP contribution is -2.45. The summed E-state index contributed by atoms with van der Waals surface area (Å²) in [6.07, 6.45) is 0. The van der Waals surface area contributed by atoms with Gasteiger partial charge in [-0.3, -0.25) is 4.90 Å². The van der Waals surface area contributed by atoms with Gasteiger partial charge in [0.15, 0.2) is 5.79 Å². The minimum Gasteiger partial charge on any atom is -0.378 e. The van der Waals surface area contributed by atoms with E-state index in [1.807, 2.05) is 13.8 Å². The van der Waals surface area contributed by atoms with Crippen molar-refractivity contribution < 1.29 is 9.47 Å². The van der Waals surface area contributed by atoms with Gasteiger partial charge in [-0.2, -0.15) is 0 Å². The molecule has 1 aliphatic rings. The van der Waals surface area contributed by atoms with Crippen molar-refractivity contribution in [2.75, 3.05) is 31.6 Å². The Hall–Kier alpha value is -1.10. The van der Waals surface area contributed by atoms with Crippen molar-refractivity contribution in [3.8, 4) is 0 Å². The molecular weight excluding hydrogens is 264 g/mol. The van der Waals surface area contributed by atoms with Crippen molar-refractivity contribution in [2.45, 2.75) is 46.1 Å². The van der Waals surface area contributed by atoms with Crippen LogP contribution in [-0.2, 0) is 16.0 Å². The Morgan fingerprint density at radius 1 is 1.19 bits per heavy atom. The Morgan fingerprint density at radius 2 is 1.86 bits per heavy atom. The molecule has 0 amide bonds. The molecule has 1 saturated heterocycles. The summed E-state index contributed by atoms with van der Waals surface area (Å²) in [6.45, 7) is 12.8.